The third-order valence-corrected chi connectivity index (χ3v) is 6.33. The number of carbonyl (C=O) groups excluding carboxylic acids is 2. The maximum Gasteiger partial charge on any atom is 0.289 e. The summed E-state index contributed by atoms with van der Waals surface area (Å²) in [5.74, 6) is -1.15. The topological polar surface area (TPSA) is 146 Å². The molecule has 1 aliphatic rings. The normalized spacial score (nSPS) is 13.4. The Morgan fingerprint density at radius 1 is 1.13 bits per heavy atom. The number of aromatic nitrogens is 5. The monoisotopic (exact) mass is 519 g/mol. The van der Waals surface area contributed by atoms with E-state index < -0.39 is 23.2 Å². The van der Waals surface area contributed by atoms with Crippen LogP contribution in [-0.2, 0) is 19.5 Å². The van der Waals surface area contributed by atoms with E-state index in [1.165, 1.54) is 17.0 Å². The number of nitrogens with zero attached hydrogens (tertiary/aromatic N) is 5. The zero-order valence-electron chi connectivity index (χ0n) is 20.9. The van der Waals surface area contributed by atoms with Crippen molar-refractivity contribution in [3.8, 4) is 0 Å². The molecule has 0 saturated heterocycles. The van der Waals surface area contributed by atoms with Crippen molar-refractivity contribution in [3.05, 3.63) is 87.1 Å². The van der Waals surface area contributed by atoms with Crippen LogP contribution in [0.5, 0.6) is 0 Å². The molecular weight excluding hydrogens is 493 g/mol. The first-order chi connectivity index (χ1) is 18.1. The molecular formula is C26H26FN7O4. The lowest BCUT2D eigenvalue weighted by atomic mass is 10.0. The summed E-state index contributed by atoms with van der Waals surface area (Å²) in [5, 5.41) is 28.3. The molecule has 5 rings (SSSR count). The summed E-state index contributed by atoms with van der Waals surface area (Å²) >= 11 is 0. The van der Waals surface area contributed by atoms with Crippen LogP contribution in [0.1, 0.15) is 51.9 Å². The van der Waals surface area contributed by atoms with E-state index in [2.05, 4.69) is 25.7 Å². The van der Waals surface area contributed by atoms with Gasteiger partial charge in [0.2, 0.25) is 5.82 Å². The second kappa shape index (κ2) is 9.78. The zero-order chi connectivity index (χ0) is 27.0. The van der Waals surface area contributed by atoms with Crippen LogP contribution in [0.4, 0.5) is 4.39 Å². The average Bonchev–Trinajstić information content (AvgIpc) is 3.33. The molecule has 1 aliphatic heterocycles. The predicted octanol–water partition coefficient (Wildman–Crippen LogP) is 1.40. The van der Waals surface area contributed by atoms with Crippen molar-refractivity contribution in [1.29, 1.82) is 0 Å². The van der Waals surface area contributed by atoms with Gasteiger partial charge in [-0.1, -0.05) is 24.3 Å². The minimum Gasteiger partial charge on any atom is -0.389 e. The number of amides is 2. The van der Waals surface area contributed by atoms with Gasteiger partial charge in [-0.05, 0) is 37.6 Å². The van der Waals surface area contributed by atoms with Gasteiger partial charge in [0.1, 0.15) is 5.82 Å². The van der Waals surface area contributed by atoms with Gasteiger partial charge in [-0.25, -0.2) is 9.49 Å². The third kappa shape index (κ3) is 5.02. The summed E-state index contributed by atoms with van der Waals surface area (Å²) < 4.78 is 16.4. The lowest BCUT2D eigenvalue weighted by Gasteiger charge is -2.28. The highest BCUT2D eigenvalue weighted by Crippen LogP contribution is 2.21. The number of aliphatic hydroxyl groups is 1. The highest BCUT2D eigenvalue weighted by Gasteiger charge is 2.29. The van der Waals surface area contributed by atoms with Gasteiger partial charge in [-0.3, -0.25) is 14.4 Å². The standard InChI is InChI=1S/C26H26FN7O4/c1-26(2,38)14-28-24(36)22-31-30-21-13-33(9-10-34(21)22)25(37)18-11-15(7-8-19(18)27)12-20-16-5-3-4-6-17(16)23(35)32-29-20/h3-8,11,38H,9-10,12-14H2,1-2H3,(H,28,36)(H,32,35). The molecule has 196 valence electrons. The number of aromatic amines is 1. The van der Waals surface area contributed by atoms with Crippen LogP contribution in [0.25, 0.3) is 10.8 Å². The Morgan fingerprint density at radius 2 is 1.89 bits per heavy atom. The van der Waals surface area contributed by atoms with Crippen molar-refractivity contribution in [2.45, 2.75) is 39.0 Å². The van der Waals surface area contributed by atoms with Crippen molar-refractivity contribution >= 4 is 22.6 Å². The summed E-state index contributed by atoms with van der Waals surface area (Å²) in [6.07, 6.45) is 0.287. The van der Waals surface area contributed by atoms with E-state index in [-0.39, 0.29) is 49.5 Å². The first-order valence-electron chi connectivity index (χ1n) is 12.1. The van der Waals surface area contributed by atoms with Gasteiger partial charge >= 0.3 is 0 Å². The lowest BCUT2D eigenvalue weighted by molar-refractivity contribution is 0.0674. The number of hydrogen-bond acceptors (Lipinski definition) is 7. The molecule has 12 heteroatoms. The number of nitrogens with one attached hydrogen (secondary N) is 2. The molecule has 0 saturated carbocycles. The molecule has 3 heterocycles. The van der Waals surface area contributed by atoms with Gasteiger partial charge in [0, 0.05) is 31.4 Å². The van der Waals surface area contributed by atoms with Crippen LogP contribution >= 0.6 is 0 Å². The van der Waals surface area contributed by atoms with E-state index in [0.29, 0.717) is 27.9 Å². The smallest absolute Gasteiger partial charge is 0.289 e. The fourth-order valence-corrected chi connectivity index (χ4v) is 4.39. The Morgan fingerprint density at radius 3 is 2.66 bits per heavy atom. The number of halogens is 1. The molecule has 4 aromatic rings. The Kier molecular flexibility index (Phi) is 6.49. The number of benzene rings is 2. The van der Waals surface area contributed by atoms with E-state index in [0.717, 1.165) is 0 Å². The molecule has 11 nitrogen and oxygen atoms in total. The highest BCUT2D eigenvalue weighted by atomic mass is 19.1. The van der Waals surface area contributed by atoms with E-state index in [9.17, 15) is 23.9 Å². The lowest BCUT2D eigenvalue weighted by Crippen LogP contribution is -2.42. The van der Waals surface area contributed by atoms with E-state index in [1.54, 1.807) is 42.7 Å². The summed E-state index contributed by atoms with van der Waals surface area (Å²) in [6, 6.07) is 11.4. The number of carbonyl (C=O) groups is 2. The van der Waals surface area contributed by atoms with Crippen molar-refractivity contribution in [3.63, 3.8) is 0 Å². The third-order valence-electron chi connectivity index (χ3n) is 6.33. The largest absolute Gasteiger partial charge is 0.389 e. The highest BCUT2D eigenvalue weighted by molar-refractivity contribution is 5.95. The average molecular weight is 520 g/mol. The van der Waals surface area contributed by atoms with Crippen molar-refractivity contribution in [1.82, 2.24) is 35.2 Å². The molecule has 0 radical (unpaired) electrons. The van der Waals surface area contributed by atoms with Gasteiger partial charge < -0.3 is 19.9 Å². The van der Waals surface area contributed by atoms with E-state index in [1.807, 2.05) is 6.07 Å². The van der Waals surface area contributed by atoms with Crippen LogP contribution in [0.15, 0.2) is 47.3 Å². The van der Waals surface area contributed by atoms with Gasteiger partial charge in [0.25, 0.3) is 17.4 Å². The van der Waals surface area contributed by atoms with Crippen LogP contribution in [0.3, 0.4) is 0 Å². The molecule has 0 fully saturated rings. The molecule has 0 spiro atoms. The van der Waals surface area contributed by atoms with Gasteiger partial charge in [-0.15, -0.1) is 10.2 Å². The Labute approximate surface area is 216 Å². The molecule has 0 bridgehead atoms. The number of fused-ring (bicyclic) bond motifs is 2. The molecule has 38 heavy (non-hydrogen) atoms. The van der Waals surface area contributed by atoms with Crippen molar-refractivity contribution in [2.24, 2.45) is 0 Å². The van der Waals surface area contributed by atoms with Crippen LogP contribution in [-0.4, -0.2) is 65.5 Å². The number of H-pyrrole nitrogens is 1. The number of hydrogen-bond donors (Lipinski definition) is 3. The molecule has 0 aliphatic carbocycles. The second-order valence-corrected chi connectivity index (χ2v) is 9.85. The van der Waals surface area contributed by atoms with Crippen molar-refractivity contribution < 1.29 is 19.1 Å². The second-order valence-electron chi connectivity index (χ2n) is 9.85. The van der Waals surface area contributed by atoms with Crippen LogP contribution < -0.4 is 10.9 Å². The fraction of sp³-hybridized carbons (Fsp3) is 0.308. The predicted molar refractivity (Wildman–Crippen MR) is 135 cm³/mol. The van der Waals surface area contributed by atoms with Gasteiger partial charge in [0.05, 0.1) is 28.8 Å². The molecule has 2 aromatic heterocycles. The minimum atomic E-state index is -1.08. The first-order valence-corrected chi connectivity index (χ1v) is 12.1. The summed E-state index contributed by atoms with van der Waals surface area (Å²) in [5.41, 5.74) is -0.206. The Bertz CT molecular complexity index is 1610. The van der Waals surface area contributed by atoms with Gasteiger partial charge in [0.15, 0.2) is 5.82 Å². The Hall–Kier alpha value is -4.45. The molecule has 2 amide bonds. The first kappa shape index (κ1) is 25.2. The summed E-state index contributed by atoms with van der Waals surface area (Å²) in [7, 11) is 0. The number of rotatable bonds is 6. The van der Waals surface area contributed by atoms with E-state index >= 15 is 0 Å². The van der Waals surface area contributed by atoms with Crippen molar-refractivity contribution in [2.75, 3.05) is 13.1 Å². The van der Waals surface area contributed by atoms with E-state index in [4.69, 9.17) is 0 Å². The maximum absolute atomic E-state index is 14.8. The van der Waals surface area contributed by atoms with Gasteiger partial charge in [-0.2, -0.15) is 5.10 Å². The SMILES string of the molecule is CC(C)(O)CNC(=O)c1nnc2n1CCN(C(=O)c1cc(Cc3n[nH]c(=O)c4ccccc34)ccc1F)C2. The Balaban J connectivity index is 1.34. The van der Waals surface area contributed by atoms with Crippen LogP contribution in [0, 0.1) is 5.82 Å². The summed E-state index contributed by atoms with van der Waals surface area (Å²) in [4.78, 5) is 39.3. The molecule has 0 unspecified atom stereocenters. The fourth-order valence-electron chi connectivity index (χ4n) is 4.39. The quantitative estimate of drug-likeness (QED) is 0.349. The molecule has 0 atom stereocenters. The molecule has 2 aromatic carbocycles. The minimum absolute atomic E-state index is 0.0403. The maximum atomic E-state index is 14.8. The molecule has 3 N–H and O–H groups in total. The van der Waals surface area contributed by atoms with Crippen LogP contribution in [0.2, 0.25) is 0 Å². The summed E-state index contributed by atoms with van der Waals surface area (Å²) in [6.45, 7) is 3.73. The zero-order valence-corrected chi connectivity index (χ0v) is 20.9.